The molecule has 2 rings (SSSR count). The van der Waals surface area contributed by atoms with Crippen LogP contribution in [0.5, 0.6) is 0 Å². The van der Waals surface area contributed by atoms with E-state index in [-0.39, 0.29) is 10.9 Å². The van der Waals surface area contributed by atoms with E-state index in [2.05, 4.69) is 5.32 Å². The highest BCUT2D eigenvalue weighted by Crippen LogP contribution is 2.32. The highest BCUT2D eigenvalue weighted by atomic mass is 32.2. The van der Waals surface area contributed by atoms with E-state index < -0.39 is 20.6 Å². The fraction of sp³-hybridized carbons (Fsp3) is 0.500. The van der Waals surface area contributed by atoms with E-state index in [4.69, 9.17) is 0 Å². The highest BCUT2D eigenvalue weighted by Gasteiger charge is 2.35. The van der Waals surface area contributed by atoms with Crippen molar-refractivity contribution in [1.29, 1.82) is 0 Å². The van der Waals surface area contributed by atoms with Gasteiger partial charge in [-0.1, -0.05) is 0 Å². The van der Waals surface area contributed by atoms with Crippen LogP contribution >= 0.6 is 11.8 Å². The number of benzene rings is 1. The molecular formula is C12H17N3O4S2. The molecule has 1 fully saturated rings. The number of nitrogens with zero attached hydrogens (tertiary/aromatic N) is 2. The largest absolute Gasteiger partial charge is 0.388 e. The fourth-order valence-electron chi connectivity index (χ4n) is 2.23. The van der Waals surface area contributed by atoms with Gasteiger partial charge in [-0.15, -0.1) is 0 Å². The van der Waals surface area contributed by atoms with Crippen molar-refractivity contribution in [3.8, 4) is 0 Å². The number of thioether (sulfide) groups is 1. The molecule has 116 valence electrons. The predicted octanol–water partition coefficient (Wildman–Crippen LogP) is 1.76. The molecule has 1 aromatic carbocycles. The van der Waals surface area contributed by atoms with Gasteiger partial charge in [0.15, 0.2) is 4.90 Å². The van der Waals surface area contributed by atoms with E-state index in [1.807, 2.05) is 6.92 Å². The molecule has 1 unspecified atom stereocenters. The molecule has 1 aliphatic heterocycles. The van der Waals surface area contributed by atoms with Crippen LogP contribution in [0.25, 0.3) is 0 Å². The van der Waals surface area contributed by atoms with Crippen molar-refractivity contribution < 1.29 is 13.3 Å². The maximum atomic E-state index is 12.7. The summed E-state index contributed by atoms with van der Waals surface area (Å²) in [5.74, 6) is 1.40. The maximum Gasteiger partial charge on any atom is 0.291 e. The van der Waals surface area contributed by atoms with E-state index in [0.717, 1.165) is 0 Å². The summed E-state index contributed by atoms with van der Waals surface area (Å²) in [4.78, 5) is 10.3. The van der Waals surface area contributed by atoms with Crippen molar-refractivity contribution >= 4 is 33.2 Å². The van der Waals surface area contributed by atoms with E-state index in [9.17, 15) is 18.5 Å². The number of nitro benzene ring substituents is 1. The van der Waals surface area contributed by atoms with Crippen LogP contribution < -0.4 is 5.32 Å². The lowest BCUT2D eigenvalue weighted by Gasteiger charge is -2.31. The third-order valence-corrected chi connectivity index (χ3v) is 6.59. The molecule has 1 saturated heterocycles. The normalized spacial score (nSPS) is 20.2. The Morgan fingerprint density at radius 1 is 1.48 bits per heavy atom. The predicted molar refractivity (Wildman–Crippen MR) is 83.3 cm³/mol. The zero-order valence-electron chi connectivity index (χ0n) is 11.8. The van der Waals surface area contributed by atoms with Crippen LogP contribution in [-0.2, 0) is 10.0 Å². The number of anilines is 1. The zero-order valence-corrected chi connectivity index (χ0v) is 13.4. The summed E-state index contributed by atoms with van der Waals surface area (Å²) in [5.41, 5.74) is 0.107. The van der Waals surface area contributed by atoms with Crippen molar-refractivity contribution in [3.05, 3.63) is 28.3 Å². The van der Waals surface area contributed by atoms with Crippen LogP contribution in [0.3, 0.4) is 0 Å². The molecule has 1 heterocycles. The Morgan fingerprint density at radius 2 is 2.19 bits per heavy atom. The number of nitrogens with one attached hydrogen (secondary N) is 1. The van der Waals surface area contributed by atoms with Gasteiger partial charge in [0, 0.05) is 42.9 Å². The first-order chi connectivity index (χ1) is 9.87. The van der Waals surface area contributed by atoms with Gasteiger partial charge in [0.25, 0.3) is 5.69 Å². The molecule has 1 aromatic rings. The fourth-order valence-corrected chi connectivity index (χ4v) is 5.22. The van der Waals surface area contributed by atoms with Gasteiger partial charge in [-0.05, 0) is 19.1 Å². The van der Waals surface area contributed by atoms with Gasteiger partial charge in [-0.2, -0.15) is 16.1 Å². The van der Waals surface area contributed by atoms with Gasteiger partial charge in [-0.25, -0.2) is 8.42 Å². The Kier molecular flexibility index (Phi) is 4.74. The quantitative estimate of drug-likeness (QED) is 0.667. The van der Waals surface area contributed by atoms with Crippen molar-refractivity contribution in [3.63, 3.8) is 0 Å². The van der Waals surface area contributed by atoms with Crippen molar-refractivity contribution in [2.45, 2.75) is 17.9 Å². The van der Waals surface area contributed by atoms with Crippen LogP contribution in [-0.4, -0.2) is 48.8 Å². The summed E-state index contributed by atoms with van der Waals surface area (Å²) in [6.45, 7) is 2.19. The second kappa shape index (κ2) is 6.20. The lowest BCUT2D eigenvalue weighted by atomic mass is 10.3. The van der Waals surface area contributed by atoms with Crippen molar-refractivity contribution in [2.75, 3.05) is 30.4 Å². The summed E-state index contributed by atoms with van der Waals surface area (Å²) in [6.07, 6.45) is 0. The summed E-state index contributed by atoms with van der Waals surface area (Å²) in [6, 6.07) is 3.91. The molecule has 1 N–H and O–H groups in total. The number of hydrogen-bond donors (Lipinski definition) is 1. The van der Waals surface area contributed by atoms with Crippen LogP contribution in [0, 0.1) is 10.1 Å². The van der Waals surface area contributed by atoms with Gasteiger partial charge in [0.2, 0.25) is 10.0 Å². The van der Waals surface area contributed by atoms with Gasteiger partial charge in [0.1, 0.15) is 0 Å². The summed E-state index contributed by atoms with van der Waals surface area (Å²) in [5, 5.41) is 14.0. The summed E-state index contributed by atoms with van der Waals surface area (Å²) in [7, 11) is -2.24. The molecule has 0 aliphatic carbocycles. The van der Waals surface area contributed by atoms with Gasteiger partial charge >= 0.3 is 0 Å². The molecule has 1 aliphatic rings. The first kappa shape index (κ1) is 16.1. The Balaban J connectivity index is 2.51. The monoisotopic (exact) mass is 331 g/mol. The minimum atomic E-state index is -3.86. The average Bonchev–Trinajstić information content (AvgIpc) is 2.46. The van der Waals surface area contributed by atoms with E-state index in [1.165, 1.54) is 22.5 Å². The van der Waals surface area contributed by atoms with Gasteiger partial charge < -0.3 is 5.32 Å². The maximum absolute atomic E-state index is 12.7. The molecule has 0 aromatic heterocycles. The van der Waals surface area contributed by atoms with Crippen LogP contribution in [0.4, 0.5) is 11.4 Å². The van der Waals surface area contributed by atoms with Crippen LogP contribution in [0.2, 0.25) is 0 Å². The third kappa shape index (κ3) is 3.14. The topological polar surface area (TPSA) is 92.6 Å². The molecular weight excluding hydrogens is 314 g/mol. The molecule has 0 spiro atoms. The average molecular weight is 331 g/mol. The SMILES string of the molecule is CNc1ccc(S(=O)(=O)N2CCSCC2C)c([N+](=O)[O-])c1. The van der Waals surface area contributed by atoms with E-state index in [1.54, 1.807) is 18.8 Å². The van der Waals surface area contributed by atoms with Crippen molar-refractivity contribution in [2.24, 2.45) is 0 Å². The summed E-state index contributed by atoms with van der Waals surface area (Å²) < 4.78 is 26.8. The molecule has 1 atom stereocenters. The zero-order chi connectivity index (χ0) is 15.6. The van der Waals surface area contributed by atoms with Crippen LogP contribution in [0.15, 0.2) is 23.1 Å². The first-order valence-electron chi connectivity index (χ1n) is 6.43. The number of sulfonamides is 1. The lowest BCUT2D eigenvalue weighted by molar-refractivity contribution is -0.387. The Bertz CT molecular complexity index is 648. The number of hydrogen-bond acceptors (Lipinski definition) is 6. The second-order valence-corrected chi connectivity index (χ2v) is 7.74. The standard InChI is InChI=1S/C12H17N3O4S2/c1-9-8-20-6-5-14(9)21(18,19)12-4-3-10(13-2)7-11(12)15(16)17/h3-4,7,9,13H,5-6,8H2,1-2H3. The Labute approximate surface area is 127 Å². The molecule has 7 nitrogen and oxygen atoms in total. The van der Waals surface area contributed by atoms with Crippen LogP contribution in [0.1, 0.15) is 6.92 Å². The molecule has 21 heavy (non-hydrogen) atoms. The minimum Gasteiger partial charge on any atom is -0.388 e. The van der Waals surface area contributed by atoms with E-state index in [0.29, 0.717) is 23.7 Å². The molecule has 0 bridgehead atoms. The molecule has 0 amide bonds. The van der Waals surface area contributed by atoms with Crippen molar-refractivity contribution in [1.82, 2.24) is 4.31 Å². The first-order valence-corrected chi connectivity index (χ1v) is 9.03. The number of rotatable bonds is 4. The molecule has 0 saturated carbocycles. The highest BCUT2D eigenvalue weighted by molar-refractivity contribution is 7.99. The molecule has 9 heteroatoms. The second-order valence-electron chi connectivity index (χ2n) is 4.73. The summed E-state index contributed by atoms with van der Waals surface area (Å²) >= 11 is 1.68. The third-order valence-electron chi connectivity index (χ3n) is 3.34. The Hall–Kier alpha value is -1.32. The van der Waals surface area contributed by atoms with E-state index >= 15 is 0 Å². The minimum absolute atomic E-state index is 0.169. The van der Waals surface area contributed by atoms with Gasteiger partial charge in [0.05, 0.1) is 4.92 Å². The Morgan fingerprint density at radius 3 is 2.76 bits per heavy atom. The van der Waals surface area contributed by atoms with Gasteiger partial charge in [-0.3, -0.25) is 10.1 Å². The smallest absolute Gasteiger partial charge is 0.291 e. The lowest BCUT2D eigenvalue weighted by Crippen LogP contribution is -2.44. The molecule has 0 radical (unpaired) electrons. The number of nitro groups is 1.